The number of benzene rings is 1. The van der Waals surface area contributed by atoms with E-state index in [0.29, 0.717) is 11.3 Å². The van der Waals surface area contributed by atoms with Crippen LogP contribution in [0.25, 0.3) is 0 Å². The summed E-state index contributed by atoms with van der Waals surface area (Å²) in [6.45, 7) is 3.90. The Bertz CT molecular complexity index is 547. The largest absolute Gasteiger partial charge is 0.496 e. The summed E-state index contributed by atoms with van der Waals surface area (Å²) in [7, 11) is 1.56. The molecule has 0 bridgehead atoms. The lowest BCUT2D eigenvalue weighted by Crippen LogP contribution is -2.06. The van der Waals surface area contributed by atoms with Gasteiger partial charge in [0.2, 0.25) is 5.78 Å². The van der Waals surface area contributed by atoms with Gasteiger partial charge in [0.15, 0.2) is 5.69 Å². The van der Waals surface area contributed by atoms with Crippen LogP contribution in [0.15, 0.2) is 18.3 Å². The van der Waals surface area contributed by atoms with Crippen LogP contribution in [0.1, 0.15) is 27.2 Å². The molecule has 0 saturated heterocycles. The number of methoxy groups -OCH3 is 1. The summed E-state index contributed by atoms with van der Waals surface area (Å²) < 4.78 is 5.30. The van der Waals surface area contributed by atoms with Crippen molar-refractivity contribution in [3.63, 3.8) is 0 Å². The highest BCUT2D eigenvalue weighted by molar-refractivity contribution is 6.09. The van der Waals surface area contributed by atoms with E-state index >= 15 is 0 Å². The third-order valence-electron chi connectivity index (χ3n) is 2.77. The molecule has 0 spiro atoms. The van der Waals surface area contributed by atoms with Crippen LogP contribution < -0.4 is 4.74 Å². The average molecular weight is 231 g/mol. The van der Waals surface area contributed by atoms with Gasteiger partial charge in [-0.3, -0.25) is 4.79 Å². The number of ketones is 1. The Kier molecular flexibility index (Phi) is 2.91. The molecule has 5 heteroatoms. The lowest BCUT2D eigenvalue weighted by molar-refractivity contribution is 0.103. The van der Waals surface area contributed by atoms with E-state index in [1.165, 1.54) is 6.20 Å². The van der Waals surface area contributed by atoms with Crippen molar-refractivity contribution in [2.75, 3.05) is 7.11 Å². The predicted octanol–water partition coefficient (Wildman–Crippen LogP) is 1.66. The van der Waals surface area contributed by atoms with Crippen molar-refractivity contribution in [3.05, 3.63) is 40.7 Å². The van der Waals surface area contributed by atoms with E-state index in [1.807, 2.05) is 19.9 Å². The summed E-state index contributed by atoms with van der Waals surface area (Å²) in [4.78, 5) is 12.1. The van der Waals surface area contributed by atoms with Crippen LogP contribution >= 0.6 is 0 Å². The number of hydrogen-bond donors (Lipinski definition) is 1. The standard InChI is InChI=1S/C12H13N3O2/c1-7-4-5-9(12(17-3)8(7)2)11(16)10-6-13-15-14-10/h4-6H,1-3H3,(H,13,14,15). The molecular weight excluding hydrogens is 218 g/mol. The number of aromatic nitrogens is 3. The molecule has 2 rings (SSSR count). The fraction of sp³-hybridized carbons (Fsp3) is 0.250. The van der Waals surface area contributed by atoms with Gasteiger partial charge in [0.1, 0.15) is 5.75 Å². The highest BCUT2D eigenvalue weighted by atomic mass is 16.5. The second kappa shape index (κ2) is 4.37. The monoisotopic (exact) mass is 231 g/mol. The smallest absolute Gasteiger partial charge is 0.218 e. The molecule has 2 aromatic rings. The Morgan fingerprint density at radius 1 is 1.35 bits per heavy atom. The molecule has 0 unspecified atom stereocenters. The maximum Gasteiger partial charge on any atom is 0.218 e. The van der Waals surface area contributed by atoms with Crippen molar-refractivity contribution in [3.8, 4) is 5.75 Å². The number of rotatable bonds is 3. The molecular formula is C12H13N3O2. The number of hydrogen-bond acceptors (Lipinski definition) is 4. The van der Waals surface area contributed by atoms with Gasteiger partial charge in [-0.25, -0.2) is 0 Å². The summed E-state index contributed by atoms with van der Waals surface area (Å²) in [5.41, 5.74) is 2.83. The molecule has 1 heterocycles. The lowest BCUT2D eigenvalue weighted by atomic mass is 10.0. The van der Waals surface area contributed by atoms with Crippen molar-refractivity contribution in [2.24, 2.45) is 0 Å². The zero-order valence-electron chi connectivity index (χ0n) is 9.94. The van der Waals surface area contributed by atoms with E-state index in [1.54, 1.807) is 13.2 Å². The normalized spacial score (nSPS) is 10.3. The number of aryl methyl sites for hydroxylation is 1. The topological polar surface area (TPSA) is 67.9 Å². The second-order valence-electron chi connectivity index (χ2n) is 3.77. The van der Waals surface area contributed by atoms with Gasteiger partial charge in [0.25, 0.3) is 0 Å². The zero-order valence-corrected chi connectivity index (χ0v) is 9.94. The van der Waals surface area contributed by atoms with Crippen LogP contribution in [0.2, 0.25) is 0 Å². The number of H-pyrrole nitrogens is 1. The van der Waals surface area contributed by atoms with E-state index in [4.69, 9.17) is 4.74 Å². The minimum Gasteiger partial charge on any atom is -0.496 e. The fourth-order valence-corrected chi connectivity index (χ4v) is 1.68. The molecule has 17 heavy (non-hydrogen) atoms. The number of carbonyl (C=O) groups excluding carboxylic acids is 1. The van der Waals surface area contributed by atoms with E-state index in [-0.39, 0.29) is 11.5 Å². The van der Waals surface area contributed by atoms with Crippen molar-refractivity contribution in [1.82, 2.24) is 15.4 Å². The summed E-state index contributed by atoms with van der Waals surface area (Å²) in [5.74, 6) is 0.400. The summed E-state index contributed by atoms with van der Waals surface area (Å²) >= 11 is 0. The highest BCUT2D eigenvalue weighted by Gasteiger charge is 2.18. The van der Waals surface area contributed by atoms with Crippen LogP contribution in [0, 0.1) is 13.8 Å². The van der Waals surface area contributed by atoms with Crippen molar-refractivity contribution < 1.29 is 9.53 Å². The van der Waals surface area contributed by atoms with Crippen molar-refractivity contribution >= 4 is 5.78 Å². The van der Waals surface area contributed by atoms with Gasteiger partial charge in [-0.05, 0) is 31.0 Å². The van der Waals surface area contributed by atoms with Gasteiger partial charge in [0, 0.05) is 0 Å². The molecule has 88 valence electrons. The molecule has 0 saturated carbocycles. The molecule has 0 fully saturated rings. The van der Waals surface area contributed by atoms with E-state index < -0.39 is 0 Å². The minimum absolute atomic E-state index is 0.196. The first-order valence-electron chi connectivity index (χ1n) is 5.19. The Balaban J connectivity index is 2.53. The first-order valence-corrected chi connectivity index (χ1v) is 5.19. The minimum atomic E-state index is -0.196. The highest BCUT2D eigenvalue weighted by Crippen LogP contribution is 2.27. The summed E-state index contributed by atoms with van der Waals surface area (Å²) in [6.07, 6.45) is 1.40. The van der Waals surface area contributed by atoms with Crippen LogP contribution in [0.5, 0.6) is 5.75 Å². The van der Waals surface area contributed by atoms with Crippen molar-refractivity contribution in [1.29, 1.82) is 0 Å². The van der Waals surface area contributed by atoms with E-state index in [2.05, 4.69) is 15.4 Å². The molecule has 1 N–H and O–H groups in total. The van der Waals surface area contributed by atoms with Gasteiger partial charge in [-0.2, -0.15) is 15.4 Å². The predicted molar refractivity (Wildman–Crippen MR) is 62.3 cm³/mol. The maximum atomic E-state index is 12.1. The Labute approximate surface area is 98.8 Å². The molecule has 0 aliphatic carbocycles. The molecule has 0 radical (unpaired) electrons. The van der Waals surface area contributed by atoms with Crippen LogP contribution in [0.4, 0.5) is 0 Å². The number of carbonyl (C=O) groups is 1. The molecule has 0 aliphatic rings. The van der Waals surface area contributed by atoms with Gasteiger partial charge in [-0.15, -0.1) is 0 Å². The molecule has 0 amide bonds. The quantitative estimate of drug-likeness (QED) is 0.816. The summed E-state index contributed by atoms with van der Waals surface area (Å²) in [6, 6.07) is 3.64. The molecule has 1 aromatic heterocycles. The number of aromatic amines is 1. The van der Waals surface area contributed by atoms with Gasteiger partial charge < -0.3 is 4.74 Å². The Morgan fingerprint density at radius 3 is 2.71 bits per heavy atom. The van der Waals surface area contributed by atoms with Gasteiger partial charge >= 0.3 is 0 Å². The Morgan fingerprint density at radius 2 is 2.12 bits per heavy atom. The van der Waals surface area contributed by atoms with E-state index in [9.17, 15) is 4.79 Å². The molecule has 1 aromatic carbocycles. The van der Waals surface area contributed by atoms with Crippen LogP contribution in [0.3, 0.4) is 0 Å². The van der Waals surface area contributed by atoms with Gasteiger partial charge in [0.05, 0.1) is 18.9 Å². The molecule has 5 nitrogen and oxygen atoms in total. The maximum absolute atomic E-state index is 12.1. The van der Waals surface area contributed by atoms with Gasteiger partial charge in [-0.1, -0.05) is 6.07 Å². The Hall–Kier alpha value is -2.17. The third kappa shape index (κ3) is 1.91. The zero-order chi connectivity index (χ0) is 12.4. The third-order valence-corrected chi connectivity index (χ3v) is 2.77. The summed E-state index contributed by atoms with van der Waals surface area (Å²) in [5, 5.41) is 9.83. The first-order chi connectivity index (χ1) is 8.15. The molecule has 0 aliphatic heterocycles. The first kappa shape index (κ1) is 11.3. The average Bonchev–Trinajstić information content (AvgIpc) is 2.85. The number of nitrogens with one attached hydrogen (secondary N) is 1. The number of nitrogens with zero attached hydrogens (tertiary/aromatic N) is 2. The van der Waals surface area contributed by atoms with Crippen LogP contribution in [-0.4, -0.2) is 28.3 Å². The lowest BCUT2D eigenvalue weighted by Gasteiger charge is -2.11. The van der Waals surface area contributed by atoms with E-state index in [0.717, 1.165) is 11.1 Å². The second-order valence-corrected chi connectivity index (χ2v) is 3.77. The SMILES string of the molecule is COc1c(C(=O)c2cn[nH]n2)ccc(C)c1C. The van der Waals surface area contributed by atoms with Crippen LogP contribution in [-0.2, 0) is 0 Å². The fourth-order valence-electron chi connectivity index (χ4n) is 1.68. The van der Waals surface area contributed by atoms with Crippen molar-refractivity contribution in [2.45, 2.75) is 13.8 Å². The number of ether oxygens (including phenoxy) is 1. The molecule has 0 atom stereocenters.